The van der Waals surface area contributed by atoms with E-state index in [9.17, 15) is 9.59 Å². The number of benzene rings is 1. The van der Waals surface area contributed by atoms with Crippen LogP contribution in [0.2, 0.25) is 0 Å². The van der Waals surface area contributed by atoms with Gasteiger partial charge in [-0.1, -0.05) is 12.1 Å². The minimum absolute atomic E-state index is 0.0270. The molecule has 1 fully saturated rings. The Morgan fingerprint density at radius 2 is 2.13 bits per heavy atom. The highest BCUT2D eigenvalue weighted by Gasteiger charge is 2.31. The van der Waals surface area contributed by atoms with Gasteiger partial charge in [0.15, 0.2) is 0 Å². The molecular formula is C22H31N5O3. The average Bonchev–Trinajstić information content (AvgIpc) is 3.32. The van der Waals surface area contributed by atoms with Crippen molar-refractivity contribution in [2.75, 3.05) is 13.1 Å². The number of nitrogens with zero attached hydrogens (tertiary/aromatic N) is 2. The minimum Gasteiger partial charge on any atom is -0.480 e. The number of carboxylic acid groups (broad SMARTS) is 1. The Hall–Kier alpha value is -2.87. The number of aliphatic carboxylic acids is 1. The number of nitrogens with two attached hydrogens (primary N) is 1. The van der Waals surface area contributed by atoms with Gasteiger partial charge in [0.1, 0.15) is 5.84 Å². The zero-order chi connectivity index (χ0) is 21.8. The smallest absolute Gasteiger partial charge is 0.317 e. The predicted molar refractivity (Wildman–Crippen MR) is 117 cm³/mol. The molecule has 0 aliphatic carbocycles. The summed E-state index contributed by atoms with van der Waals surface area (Å²) in [4.78, 5) is 25.4. The van der Waals surface area contributed by atoms with Gasteiger partial charge in [-0.15, -0.1) is 0 Å². The molecule has 0 radical (unpaired) electrons. The number of rotatable bonds is 9. The summed E-state index contributed by atoms with van der Waals surface area (Å²) in [6.07, 6.45) is 3.66. The molecular weight excluding hydrogens is 382 g/mol. The van der Waals surface area contributed by atoms with Crippen LogP contribution < -0.4 is 11.1 Å². The van der Waals surface area contributed by atoms with Crippen molar-refractivity contribution in [3.63, 3.8) is 0 Å². The number of aromatic nitrogens is 1. The zero-order valence-electron chi connectivity index (χ0n) is 17.6. The van der Waals surface area contributed by atoms with Crippen LogP contribution in [0.5, 0.6) is 0 Å². The second kappa shape index (κ2) is 9.30. The number of aryl methyl sites for hydroxylation is 2. The molecule has 2 aromatic rings. The van der Waals surface area contributed by atoms with Gasteiger partial charge in [-0.3, -0.25) is 20.3 Å². The Morgan fingerprint density at radius 1 is 1.37 bits per heavy atom. The van der Waals surface area contributed by atoms with Crippen LogP contribution >= 0.6 is 0 Å². The predicted octanol–water partition coefficient (Wildman–Crippen LogP) is 1.93. The highest BCUT2D eigenvalue weighted by Crippen LogP contribution is 2.26. The van der Waals surface area contributed by atoms with Crippen LogP contribution in [0.3, 0.4) is 0 Å². The molecule has 0 bridgehead atoms. The maximum atomic E-state index is 12.8. The van der Waals surface area contributed by atoms with Gasteiger partial charge in [-0.05, 0) is 57.0 Å². The van der Waals surface area contributed by atoms with Crippen molar-refractivity contribution in [2.24, 2.45) is 5.73 Å². The Morgan fingerprint density at radius 3 is 2.80 bits per heavy atom. The molecule has 2 heterocycles. The lowest BCUT2D eigenvalue weighted by atomic mass is 10.1. The van der Waals surface area contributed by atoms with Crippen molar-refractivity contribution in [3.8, 4) is 0 Å². The third kappa shape index (κ3) is 4.64. The monoisotopic (exact) mass is 413 g/mol. The molecule has 0 saturated carbocycles. The number of fused-ring (bicyclic) bond motifs is 1. The van der Waals surface area contributed by atoms with E-state index in [1.807, 2.05) is 23.1 Å². The van der Waals surface area contributed by atoms with Gasteiger partial charge in [0.25, 0.3) is 0 Å². The highest BCUT2D eigenvalue weighted by atomic mass is 16.4. The standard InChI is InChI=1S/C22H31N5O3/c1-3-26-18(11-15-6-7-16(21(23)24)12-19(15)26)9-8-17-5-4-10-27(17)22(30)14(2)25-13-20(28)29/h6-7,11-12,14,17,25H,3-5,8-10,13H2,1-2H3,(H3,23,24)(H,28,29). The third-order valence-corrected chi connectivity index (χ3v) is 5.94. The van der Waals surface area contributed by atoms with Gasteiger partial charge in [0, 0.05) is 35.9 Å². The van der Waals surface area contributed by atoms with Crippen LogP contribution in [0.15, 0.2) is 24.3 Å². The van der Waals surface area contributed by atoms with E-state index >= 15 is 0 Å². The number of hydrogen-bond acceptors (Lipinski definition) is 4. The van der Waals surface area contributed by atoms with Crippen molar-refractivity contribution in [3.05, 3.63) is 35.5 Å². The topological polar surface area (TPSA) is 124 Å². The molecule has 0 spiro atoms. The second-order valence-electron chi connectivity index (χ2n) is 7.93. The van der Waals surface area contributed by atoms with Crippen LogP contribution in [0.1, 0.15) is 44.4 Å². The SMILES string of the molecule is CCn1c(CCC2CCCN2C(=O)C(C)NCC(=O)O)cc2ccc(C(=N)N)cc21. The van der Waals surface area contributed by atoms with Crippen molar-refractivity contribution in [1.82, 2.24) is 14.8 Å². The number of carboxylic acids is 1. The molecule has 8 heteroatoms. The molecule has 1 aliphatic rings. The summed E-state index contributed by atoms with van der Waals surface area (Å²) in [5.41, 5.74) is 8.66. The van der Waals surface area contributed by atoms with Crippen LogP contribution in [-0.4, -0.2) is 57.5 Å². The number of likely N-dealkylation sites (tertiary alicyclic amines) is 1. The van der Waals surface area contributed by atoms with Crippen LogP contribution in [0, 0.1) is 5.41 Å². The van der Waals surface area contributed by atoms with Crippen molar-refractivity contribution in [1.29, 1.82) is 5.41 Å². The van der Waals surface area contributed by atoms with Gasteiger partial charge in [0.05, 0.1) is 12.6 Å². The van der Waals surface area contributed by atoms with E-state index in [0.29, 0.717) is 0 Å². The Balaban J connectivity index is 1.71. The number of carbonyl (C=O) groups excluding carboxylic acids is 1. The van der Waals surface area contributed by atoms with E-state index in [4.69, 9.17) is 16.2 Å². The molecule has 1 aromatic heterocycles. The fourth-order valence-electron chi connectivity index (χ4n) is 4.38. The second-order valence-corrected chi connectivity index (χ2v) is 7.93. The summed E-state index contributed by atoms with van der Waals surface area (Å²) in [5.74, 6) is -0.929. The normalized spacial score (nSPS) is 17.4. The first kappa shape index (κ1) is 21.8. The summed E-state index contributed by atoms with van der Waals surface area (Å²) in [6.45, 7) is 5.15. The fourth-order valence-corrected chi connectivity index (χ4v) is 4.38. The van der Waals surface area contributed by atoms with Crippen molar-refractivity contribution < 1.29 is 14.7 Å². The maximum Gasteiger partial charge on any atom is 0.317 e. The first-order valence-corrected chi connectivity index (χ1v) is 10.5. The zero-order valence-corrected chi connectivity index (χ0v) is 17.6. The Bertz CT molecular complexity index is 952. The summed E-state index contributed by atoms with van der Waals surface area (Å²) >= 11 is 0. The molecule has 5 N–H and O–H groups in total. The van der Waals surface area contributed by atoms with Gasteiger partial charge in [-0.25, -0.2) is 0 Å². The quantitative estimate of drug-likeness (QED) is 0.369. The van der Waals surface area contributed by atoms with E-state index in [0.717, 1.165) is 55.2 Å². The summed E-state index contributed by atoms with van der Waals surface area (Å²) in [6, 6.07) is 7.68. The lowest BCUT2D eigenvalue weighted by molar-refractivity contribution is -0.137. The molecule has 162 valence electrons. The number of nitrogens with one attached hydrogen (secondary N) is 2. The van der Waals surface area contributed by atoms with E-state index in [-0.39, 0.29) is 24.3 Å². The molecule has 1 aliphatic heterocycles. The van der Waals surface area contributed by atoms with Gasteiger partial charge < -0.3 is 20.3 Å². The molecule has 1 aromatic carbocycles. The Labute approximate surface area is 176 Å². The van der Waals surface area contributed by atoms with Crippen LogP contribution in [0.25, 0.3) is 10.9 Å². The number of amides is 1. The largest absolute Gasteiger partial charge is 0.480 e. The maximum absolute atomic E-state index is 12.8. The lowest BCUT2D eigenvalue weighted by Crippen LogP contribution is -2.48. The molecule has 2 atom stereocenters. The molecule has 30 heavy (non-hydrogen) atoms. The first-order chi connectivity index (χ1) is 14.3. The number of carbonyl (C=O) groups is 2. The summed E-state index contributed by atoms with van der Waals surface area (Å²) < 4.78 is 2.25. The van der Waals surface area contributed by atoms with Gasteiger partial charge in [0.2, 0.25) is 5.91 Å². The molecule has 1 saturated heterocycles. The number of hydrogen-bond donors (Lipinski definition) is 4. The number of nitrogen functional groups attached to an aromatic ring is 1. The first-order valence-electron chi connectivity index (χ1n) is 10.5. The Kier molecular flexibility index (Phi) is 6.77. The third-order valence-electron chi connectivity index (χ3n) is 5.94. The van der Waals surface area contributed by atoms with E-state index in [1.54, 1.807) is 6.92 Å². The van der Waals surface area contributed by atoms with Crippen LogP contribution in [-0.2, 0) is 22.6 Å². The van der Waals surface area contributed by atoms with E-state index in [2.05, 4.69) is 22.9 Å². The summed E-state index contributed by atoms with van der Waals surface area (Å²) in [7, 11) is 0. The van der Waals surface area contributed by atoms with E-state index in [1.165, 1.54) is 5.69 Å². The van der Waals surface area contributed by atoms with E-state index < -0.39 is 12.0 Å². The minimum atomic E-state index is -0.965. The van der Waals surface area contributed by atoms with Crippen molar-refractivity contribution >= 4 is 28.6 Å². The highest BCUT2D eigenvalue weighted by molar-refractivity contribution is 5.98. The lowest BCUT2D eigenvalue weighted by Gasteiger charge is -2.28. The summed E-state index contributed by atoms with van der Waals surface area (Å²) in [5, 5.41) is 20.4. The fraction of sp³-hybridized carbons (Fsp3) is 0.500. The molecule has 2 unspecified atom stereocenters. The number of amidine groups is 1. The van der Waals surface area contributed by atoms with Crippen LogP contribution in [0.4, 0.5) is 0 Å². The van der Waals surface area contributed by atoms with Gasteiger partial charge in [-0.2, -0.15) is 0 Å². The molecule has 8 nitrogen and oxygen atoms in total. The average molecular weight is 414 g/mol. The molecule has 3 rings (SSSR count). The molecule has 1 amide bonds. The van der Waals surface area contributed by atoms with Crippen molar-refractivity contribution in [2.45, 2.75) is 58.2 Å². The van der Waals surface area contributed by atoms with Gasteiger partial charge >= 0.3 is 5.97 Å².